The number of hydrogen-bond donors (Lipinski definition) is 1. The molecule has 0 aliphatic carbocycles. The molecule has 1 aromatic carbocycles. The lowest BCUT2D eigenvalue weighted by Gasteiger charge is -2.10. The highest BCUT2D eigenvalue weighted by Gasteiger charge is 2.05. The van der Waals surface area contributed by atoms with Crippen molar-refractivity contribution in [3.05, 3.63) is 78.1 Å². The van der Waals surface area contributed by atoms with Crippen molar-refractivity contribution in [2.75, 3.05) is 0 Å². The second-order valence-corrected chi connectivity index (χ2v) is 4.86. The lowest BCUT2D eigenvalue weighted by Crippen LogP contribution is -2.07. The fraction of sp³-hybridized carbons (Fsp3) is 0.125. The van der Waals surface area contributed by atoms with E-state index >= 15 is 0 Å². The Hall–Kier alpha value is -2.82. The molecule has 5 nitrogen and oxygen atoms in total. The van der Waals surface area contributed by atoms with E-state index in [0.29, 0.717) is 5.56 Å². The van der Waals surface area contributed by atoms with E-state index in [0.717, 1.165) is 18.7 Å². The van der Waals surface area contributed by atoms with E-state index in [9.17, 15) is 4.79 Å². The predicted molar refractivity (Wildman–Crippen MR) is 78.3 cm³/mol. The summed E-state index contributed by atoms with van der Waals surface area (Å²) >= 11 is 0. The molecule has 21 heavy (non-hydrogen) atoms. The third-order valence-electron chi connectivity index (χ3n) is 3.38. The maximum atomic E-state index is 10.8. The summed E-state index contributed by atoms with van der Waals surface area (Å²) in [5.74, 6) is -0.900. The number of carboxylic acid groups (broad SMARTS) is 1. The van der Waals surface area contributed by atoms with Crippen LogP contribution in [-0.4, -0.2) is 25.2 Å². The normalized spacial score (nSPS) is 10.7. The van der Waals surface area contributed by atoms with Crippen LogP contribution in [0.1, 0.15) is 21.6 Å². The fourth-order valence-corrected chi connectivity index (χ4v) is 2.26. The zero-order valence-electron chi connectivity index (χ0n) is 11.4. The van der Waals surface area contributed by atoms with Crippen LogP contribution in [0, 0.1) is 0 Å². The van der Waals surface area contributed by atoms with Gasteiger partial charge in [-0.1, -0.05) is 12.1 Å². The van der Waals surface area contributed by atoms with E-state index in [4.69, 9.17) is 5.11 Å². The molecular formula is C16H15N3O2. The average Bonchev–Trinajstić information content (AvgIpc) is 3.13. The summed E-state index contributed by atoms with van der Waals surface area (Å²) in [6.45, 7) is 1.48. The first kappa shape index (κ1) is 13.2. The first-order valence-electron chi connectivity index (χ1n) is 6.64. The van der Waals surface area contributed by atoms with Crippen LogP contribution in [0.25, 0.3) is 0 Å². The number of aromatic carboxylic acids is 1. The lowest BCUT2D eigenvalue weighted by molar-refractivity contribution is 0.0697. The average molecular weight is 281 g/mol. The Morgan fingerprint density at radius 1 is 1.10 bits per heavy atom. The SMILES string of the molecule is O=C(O)c1ccc(Cn2cccc2Cn2ccnc2)cc1. The first-order chi connectivity index (χ1) is 10.2. The van der Waals surface area contributed by atoms with Gasteiger partial charge < -0.3 is 14.2 Å². The summed E-state index contributed by atoms with van der Waals surface area (Å²) in [5, 5.41) is 8.91. The summed E-state index contributed by atoms with van der Waals surface area (Å²) in [6.07, 6.45) is 7.51. The number of carbonyl (C=O) groups is 1. The molecule has 0 saturated carbocycles. The van der Waals surface area contributed by atoms with E-state index in [1.54, 1.807) is 24.7 Å². The number of benzene rings is 1. The standard InChI is InChI=1S/C16H15N3O2/c20-16(21)14-5-3-13(4-6-14)10-19-8-1-2-15(19)11-18-9-7-17-12-18/h1-9,12H,10-11H2,(H,20,21). The van der Waals surface area contributed by atoms with Crippen LogP contribution < -0.4 is 0 Å². The van der Waals surface area contributed by atoms with Crippen LogP contribution in [0.15, 0.2) is 61.3 Å². The van der Waals surface area contributed by atoms with Crippen molar-refractivity contribution >= 4 is 5.97 Å². The first-order valence-corrected chi connectivity index (χ1v) is 6.64. The summed E-state index contributed by atoms with van der Waals surface area (Å²) in [4.78, 5) is 14.9. The van der Waals surface area contributed by atoms with Crippen LogP contribution >= 0.6 is 0 Å². The largest absolute Gasteiger partial charge is 0.478 e. The third kappa shape index (κ3) is 3.02. The molecule has 3 rings (SSSR count). The molecule has 0 bridgehead atoms. The molecular weight excluding hydrogens is 266 g/mol. The summed E-state index contributed by atoms with van der Waals surface area (Å²) in [7, 11) is 0. The highest BCUT2D eigenvalue weighted by Crippen LogP contribution is 2.11. The Balaban J connectivity index is 1.76. The quantitative estimate of drug-likeness (QED) is 0.781. The molecule has 106 valence electrons. The van der Waals surface area contributed by atoms with Gasteiger partial charge in [0.25, 0.3) is 0 Å². The Labute approximate surface area is 122 Å². The topological polar surface area (TPSA) is 60.0 Å². The molecule has 0 unspecified atom stereocenters. The minimum atomic E-state index is -0.900. The molecule has 3 aromatic rings. The Bertz CT molecular complexity index is 727. The van der Waals surface area contributed by atoms with Crippen LogP contribution in [0.3, 0.4) is 0 Å². The number of rotatable bonds is 5. The Kier molecular flexibility index (Phi) is 3.55. The minimum Gasteiger partial charge on any atom is -0.478 e. The molecule has 1 N–H and O–H groups in total. The van der Waals surface area contributed by atoms with Crippen molar-refractivity contribution in [3.63, 3.8) is 0 Å². The Morgan fingerprint density at radius 2 is 1.90 bits per heavy atom. The van der Waals surface area contributed by atoms with Gasteiger partial charge in [0.05, 0.1) is 18.4 Å². The van der Waals surface area contributed by atoms with Crippen molar-refractivity contribution in [3.8, 4) is 0 Å². The second kappa shape index (κ2) is 5.66. The number of nitrogens with zero attached hydrogens (tertiary/aromatic N) is 3. The van der Waals surface area contributed by atoms with Gasteiger partial charge in [-0.3, -0.25) is 0 Å². The molecule has 5 heteroatoms. The Morgan fingerprint density at radius 3 is 2.57 bits per heavy atom. The van der Waals surface area contributed by atoms with Crippen LogP contribution in [-0.2, 0) is 13.1 Å². The molecule has 0 aliphatic rings. The summed E-state index contributed by atoms with van der Waals surface area (Å²) < 4.78 is 4.16. The number of hydrogen-bond acceptors (Lipinski definition) is 2. The van der Waals surface area contributed by atoms with Gasteiger partial charge in [0.15, 0.2) is 0 Å². The molecule has 0 amide bonds. The van der Waals surface area contributed by atoms with Crippen LogP contribution in [0.4, 0.5) is 0 Å². The van der Waals surface area contributed by atoms with Gasteiger partial charge in [0.1, 0.15) is 0 Å². The highest BCUT2D eigenvalue weighted by atomic mass is 16.4. The van der Waals surface area contributed by atoms with Crippen molar-refractivity contribution in [2.45, 2.75) is 13.1 Å². The maximum absolute atomic E-state index is 10.8. The molecule has 0 fully saturated rings. The second-order valence-electron chi connectivity index (χ2n) is 4.86. The monoisotopic (exact) mass is 281 g/mol. The van der Waals surface area contributed by atoms with Crippen LogP contribution in [0.5, 0.6) is 0 Å². The molecule has 0 saturated heterocycles. The van der Waals surface area contributed by atoms with Gasteiger partial charge in [-0.05, 0) is 29.8 Å². The molecule has 0 atom stereocenters. The highest BCUT2D eigenvalue weighted by molar-refractivity contribution is 5.87. The molecule has 2 aromatic heterocycles. The molecule has 2 heterocycles. The zero-order valence-corrected chi connectivity index (χ0v) is 11.4. The summed E-state index contributed by atoms with van der Waals surface area (Å²) in [5.41, 5.74) is 2.56. The minimum absolute atomic E-state index is 0.310. The van der Waals surface area contributed by atoms with E-state index < -0.39 is 5.97 Å². The zero-order chi connectivity index (χ0) is 14.7. The van der Waals surface area contributed by atoms with Gasteiger partial charge in [0, 0.05) is 30.8 Å². The third-order valence-corrected chi connectivity index (χ3v) is 3.38. The van der Waals surface area contributed by atoms with Gasteiger partial charge in [-0.25, -0.2) is 9.78 Å². The van der Waals surface area contributed by atoms with Crippen LogP contribution in [0.2, 0.25) is 0 Å². The molecule has 0 radical (unpaired) electrons. The van der Waals surface area contributed by atoms with Crippen molar-refractivity contribution in [2.24, 2.45) is 0 Å². The van der Waals surface area contributed by atoms with Gasteiger partial charge in [-0.15, -0.1) is 0 Å². The summed E-state index contributed by atoms with van der Waals surface area (Å²) in [6, 6.07) is 11.1. The lowest BCUT2D eigenvalue weighted by atomic mass is 10.1. The van der Waals surface area contributed by atoms with E-state index in [2.05, 4.69) is 15.6 Å². The predicted octanol–water partition coefficient (Wildman–Crippen LogP) is 2.48. The molecule has 0 spiro atoms. The molecule has 0 aliphatic heterocycles. The maximum Gasteiger partial charge on any atom is 0.335 e. The van der Waals surface area contributed by atoms with E-state index in [1.165, 1.54) is 5.69 Å². The van der Waals surface area contributed by atoms with Gasteiger partial charge in [0.2, 0.25) is 0 Å². The van der Waals surface area contributed by atoms with Crippen molar-refractivity contribution in [1.82, 2.24) is 14.1 Å². The number of aromatic nitrogens is 3. The van der Waals surface area contributed by atoms with E-state index in [-0.39, 0.29) is 0 Å². The number of carboxylic acids is 1. The van der Waals surface area contributed by atoms with Crippen molar-refractivity contribution in [1.29, 1.82) is 0 Å². The van der Waals surface area contributed by atoms with Gasteiger partial charge >= 0.3 is 5.97 Å². The van der Waals surface area contributed by atoms with Crippen molar-refractivity contribution < 1.29 is 9.90 Å². The number of imidazole rings is 1. The van der Waals surface area contributed by atoms with Gasteiger partial charge in [-0.2, -0.15) is 0 Å². The smallest absolute Gasteiger partial charge is 0.335 e. The fourth-order valence-electron chi connectivity index (χ4n) is 2.26. The van der Waals surface area contributed by atoms with E-state index in [1.807, 2.05) is 35.2 Å².